The van der Waals surface area contributed by atoms with Crippen LogP contribution in [0.1, 0.15) is 24.4 Å². The van der Waals surface area contributed by atoms with Crippen molar-refractivity contribution in [2.75, 3.05) is 6.61 Å². The second-order valence-electron chi connectivity index (χ2n) is 6.30. The zero-order valence-corrected chi connectivity index (χ0v) is 16.2. The molecule has 140 valence electrons. The predicted octanol–water partition coefficient (Wildman–Crippen LogP) is 4.44. The number of benzene rings is 2. The van der Waals surface area contributed by atoms with Gasteiger partial charge >= 0.3 is 0 Å². The summed E-state index contributed by atoms with van der Waals surface area (Å²) in [4.78, 5) is 16.4. The number of carbonyl (C=O) groups excluding carboxylic acids is 1. The van der Waals surface area contributed by atoms with E-state index in [1.165, 1.54) is 6.08 Å². The van der Waals surface area contributed by atoms with Gasteiger partial charge in [-0.25, -0.2) is 4.98 Å². The first kappa shape index (κ1) is 19.0. The van der Waals surface area contributed by atoms with Gasteiger partial charge in [0.2, 0.25) is 5.91 Å². The van der Waals surface area contributed by atoms with Gasteiger partial charge in [0.1, 0.15) is 18.2 Å². The average Bonchev–Trinajstić information content (AvgIpc) is 3.03. The molecule has 0 radical (unpaired) electrons. The number of halogens is 1. The minimum atomic E-state index is -0.249. The lowest BCUT2D eigenvalue weighted by Gasteiger charge is -2.16. The van der Waals surface area contributed by atoms with Crippen LogP contribution in [0.3, 0.4) is 0 Å². The molecule has 0 aliphatic carbocycles. The normalized spacial score (nSPS) is 12.0. The summed E-state index contributed by atoms with van der Waals surface area (Å²) in [6.45, 7) is 8.42. The number of hydrogen-bond acceptors (Lipinski definition) is 3. The van der Waals surface area contributed by atoms with Crippen molar-refractivity contribution < 1.29 is 9.53 Å². The van der Waals surface area contributed by atoms with E-state index in [2.05, 4.69) is 16.5 Å². The molecule has 0 bridgehead atoms. The van der Waals surface area contributed by atoms with E-state index in [9.17, 15) is 4.79 Å². The van der Waals surface area contributed by atoms with Crippen LogP contribution in [-0.4, -0.2) is 22.1 Å². The van der Waals surface area contributed by atoms with Gasteiger partial charge in [0.05, 0.1) is 23.6 Å². The number of carbonyl (C=O) groups is 1. The Morgan fingerprint density at radius 2 is 2.15 bits per heavy atom. The second-order valence-corrected chi connectivity index (χ2v) is 6.71. The van der Waals surface area contributed by atoms with Crippen LogP contribution in [0.2, 0.25) is 5.02 Å². The molecule has 1 unspecified atom stereocenters. The van der Waals surface area contributed by atoms with Crippen LogP contribution < -0.4 is 10.1 Å². The van der Waals surface area contributed by atoms with Gasteiger partial charge in [-0.3, -0.25) is 4.79 Å². The van der Waals surface area contributed by atoms with Crippen LogP contribution in [0.15, 0.2) is 55.1 Å². The molecule has 0 aliphatic rings. The van der Waals surface area contributed by atoms with Crippen molar-refractivity contribution in [1.82, 2.24) is 14.9 Å². The molecule has 3 aromatic rings. The van der Waals surface area contributed by atoms with Crippen molar-refractivity contribution in [3.63, 3.8) is 0 Å². The molecule has 0 saturated carbocycles. The Morgan fingerprint density at radius 1 is 1.37 bits per heavy atom. The third-order valence-electron chi connectivity index (χ3n) is 4.33. The van der Waals surface area contributed by atoms with Crippen molar-refractivity contribution in [2.24, 2.45) is 0 Å². The van der Waals surface area contributed by atoms with Gasteiger partial charge in [0.25, 0.3) is 0 Å². The Labute approximate surface area is 163 Å². The summed E-state index contributed by atoms with van der Waals surface area (Å²) in [5, 5.41) is 3.59. The number of para-hydroxylation sites is 2. The third kappa shape index (κ3) is 4.31. The molecule has 1 aromatic heterocycles. The molecule has 2 aromatic carbocycles. The highest BCUT2D eigenvalue weighted by Crippen LogP contribution is 2.23. The van der Waals surface area contributed by atoms with Gasteiger partial charge in [0.15, 0.2) is 0 Å². The number of imidazole rings is 1. The molecule has 27 heavy (non-hydrogen) atoms. The van der Waals surface area contributed by atoms with Gasteiger partial charge in [-0.15, -0.1) is 0 Å². The van der Waals surface area contributed by atoms with E-state index in [1.807, 2.05) is 56.3 Å². The topological polar surface area (TPSA) is 56.2 Å². The SMILES string of the molecule is C=CC(=O)NC(C)c1nc2ccccc2n1CCOc1ccc(Cl)c(C)c1. The maximum Gasteiger partial charge on any atom is 0.243 e. The number of nitrogens with zero attached hydrogens (tertiary/aromatic N) is 2. The van der Waals surface area contributed by atoms with Crippen LogP contribution in [0.5, 0.6) is 5.75 Å². The molecular weight excluding hydrogens is 362 g/mol. The fourth-order valence-corrected chi connectivity index (χ4v) is 3.08. The van der Waals surface area contributed by atoms with E-state index in [0.29, 0.717) is 13.2 Å². The number of nitrogens with one attached hydrogen (secondary N) is 1. The fraction of sp³-hybridized carbons (Fsp3) is 0.238. The first-order valence-corrected chi connectivity index (χ1v) is 9.14. The minimum Gasteiger partial charge on any atom is -0.492 e. The third-order valence-corrected chi connectivity index (χ3v) is 4.75. The lowest BCUT2D eigenvalue weighted by atomic mass is 10.2. The van der Waals surface area contributed by atoms with E-state index >= 15 is 0 Å². The second kappa shape index (κ2) is 8.27. The van der Waals surface area contributed by atoms with Crippen LogP contribution in [-0.2, 0) is 11.3 Å². The first-order chi connectivity index (χ1) is 13.0. The van der Waals surface area contributed by atoms with Gasteiger partial charge < -0.3 is 14.6 Å². The smallest absolute Gasteiger partial charge is 0.243 e. The highest BCUT2D eigenvalue weighted by Gasteiger charge is 2.17. The van der Waals surface area contributed by atoms with E-state index in [0.717, 1.165) is 33.2 Å². The van der Waals surface area contributed by atoms with E-state index in [1.54, 1.807) is 0 Å². The molecule has 1 atom stereocenters. The first-order valence-electron chi connectivity index (χ1n) is 8.76. The van der Waals surface area contributed by atoms with Gasteiger partial charge in [-0.1, -0.05) is 30.3 Å². The molecule has 5 nitrogen and oxygen atoms in total. The van der Waals surface area contributed by atoms with Gasteiger partial charge in [-0.05, 0) is 55.8 Å². The zero-order valence-electron chi connectivity index (χ0n) is 15.4. The van der Waals surface area contributed by atoms with Crippen LogP contribution in [0, 0.1) is 6.92 Å². The summed E-state index contributed by atoms with van der Waals surface area (Å²) in [6, 6.07) is 13.3. The van der Waals surface area contributed by atoms with Crippen molar-refractivity contribution in [1.29, 1.82) is 0 Å². The molecular formula is C21H22ClN3O2. The average molecular weight is 384 g/mol. The Kier molecular flexibility index (Phi) is 5.81. The number of ether oxygens (including phenoxy) is 1. The number of hydrogen-bond donors (Lipinski definition) is 1. The van der Waals surface area contributed by atoms with Gasteiger partial charge in [-0.2, -0.15) is 0 Å². The Morgan fingerprint density at radius 3 is 2.89 bits per heavy atom. The molecule has 0 fully saturated rings. The van der Waals surface area contributed by atoms with Crippen LogP contribution >= 0.6 is 11.6 Å². The minimum absolute atomic E-state index is 0.228. The van der Waals surface area contributed by atoms with E-state index in [-0.39, 0.29) is 11.9 Å². The summed E-state index contributed by atoms with van der Waals surface area (Å²) in [6.07, 6.45) is 1.26. The van der Waals surface area contributed by atoms with E-state index in [4.69, 9.17) is 21.3 Å². The number of aryl methyl sites for hydroxylation is 1. The quantitative estimate of drug-likeness (QED) is 0.613. The summed E-state index contributed by atoms with van der Waals surface area (Å²) in [7, 11) is 0. The Balaban J connectivity index is 1.81. The number of aromatic nitrogens is 2. The lowest BCUT2D eigenvalue weighted by molar-refractivity contribution is -0.117. The van der Waals surface area contributed by atoms with Gasteiger partial charge in [0, 0.05) is 5.02 Å². The maximum absolute atomic E-state index is 11.7. The number of fused-ring (bicyclic) bond motifs is 1. The molecule has 0 spiro atoms. The summed E-state index contributed by atoms with van der Waals surface area (Å²) in [5.41, 5.74) is 2.86. The monoisotopic (exact) mass is 383 g/mol. The number of rotatable bonds is 7. The molecule has 0 aliphatic heterocycles. The maximum atomic E-state index is 11.7. The standard InChI is InChI=1S/C21H22ClN3O2/c1-4-20(26)23-15(3)21-24-18-7-5-6-8-19(18)25(21)11-12-27-16-9-10-17(22)14(2)13-16/h4-10,13,15H,1,11-12H2,2-3H3,(H,23,26). The molecule has 6 heteroatoms. The molecule has 3 rings (SSSR count). The summed E-state index contributed by atoms with van der Waals surface area (Å²) >= 11 is 6.06. The fourth-order valence-electron chi connectivity index (χ4n) is 2.96. The van der Waals surface area contributed by atoms with Crippen molar-refractivity contribution >= 4 is 28.5 Å². The van der Waals surface area contributed by atoms with E-state index < -0.39 is 0 Å². The summed E-state index contributed by atoms with van der Waals surface area (Å²) < 4.78 is 7.97. The molecule has 1 amide bonds. The number of amides is 1. The molecule has 1 N–H and O–H groups in total. The highest BCUT2D eigenvalue weighted by molar-refractivity contribution is 6.31. The predicted molar refractivity (Wildman–Crippen MR) is 108 cm³/mol. The van der Waals surface area contributed by atoms with Crippen molar-refractivity contribution in [3.8, 4) is 5.75 Å². The molecule has 0 saturated heterocycles. The largest absolute Gasteiger partial charge is 0.492 e. The zero-order chi connectivity index (χ0) is 19.4. The summed E-state index contributed by atoms with van der Waals surface area (Å²) in [5.74, 6) is 1.33. The Hall–Kier alpha value is -2.79. The highest BCUT2D eigenvalue weighted by atomic mass is 35.5. The molecule has 1 heterocycles. The van der Waals surface area contributed by atoms with Crippen molar-refractivity contribution in [2.45, 2.75) is 26.4 Å². The Bertz CT molecular complexity index is 981. The van der Waals surface area contributed by atoms with Crippen LogP contribution in [0.25, 0.3) is 11.0 Å². The lowest BCUT2D eigenvalue weighted by Crippen LogP contribution is -2.27. The van der Waals surface area contributed by atoms with Crippen molar-refractivity contribution in [3.05, 3.63) is 71.5 Å². The van der Waals surface area contributed by atoms with Crippen LogP contribution in [0.4, 0.5) is 0 Å².